The Kier molecular flexibility index (Phi) is 18.9. The van der Waals surface area contributed by atoms with Crippen molar-refractivity contribution in [3.05, 3.63) is 336 Å². The Morgan fingerprint density at radius 1 is 0.211 bits per heavy atom. The number of hydrogen-bond donors (Lipinski definition) is 0. The van der Waals surface area contributed by atoms with Crippen LogP contribution in [0, 0.1) is 55.3 Å². The van der Waals surface area contributed by atoms with Gasteiger partial charge in [-0.1, -0.05) is 182 Å². The Hall–Kier alpha value is -10.4. The summed E-state index contributed by atoms with van der Waals surface area (Å²) in [4.78, 5) is 0. The van der Waals surface area contributed by atoms with Crippen molar-refractivity contribution in [3.63, 3.8) is 0 Å². The van der Waals surface area contributed by atoms with Crippen LogP contribution in [0.5, 0.6) is 0 Å². The molecule has 0 fully saturated rings. The SMILES string of the molecule is Cc1cc(C)c(-c2cc(-c3ccccc3)c(C)c[n+]2C)cc1-c1ccccc1.Cc1cc(C)c(-c2cccc[n+]2C)cc1-c1ccccc1.Cc1ccc(-c2ccccc2)cc1-c1cccc[n+]1C.[2H]C([2H])([2H])c1cc(C)c(-c2cccc[n+]2C)cc1-c1ccccc1. The van der Waals surface area contributed by atoms with Gasteiger partial charge in [0, 0.05) is 74.4 Å². The van der Waals surface area contributed by atoms with Crippen LogP contribution in [0.15, 0.2) is 292 Å². The molecule has 90 heavy (non-hydrogen) atoms. The molecular weight excluding hydrogens is 1090 g/mol. The van der Waals surface area contributed by atoms with E-state index in [1.807, 2.05) is 79.3 Å². The van der Waals surface area contributed by atoms with Crippen molar-refractivity contribution in [3.8, 4) is 101 Å². The molecule has 0 spiro atoms. The highest BCUT2D eigenvalue weighted by atomic mass is 14.9. The standard InChI is InChI=1S/C27H26N.2C20H20N.C19H18N/c1-19-15-20(2)26(16-24(19)22-11-7-5-8-12-22)27-17-25(21(3)18-28(27)4)23-13-9-6-10-14-23;2*1-15-13-16(2)19(20-11-7-8-12-21(20)3)14-18(15)17-9-5-4-6-10-17;1-15-11-12-17(16-8-4-3-5-9-16)14-18(15)19-10-6-7-13-20(19)2/h5-18H,1-4H3;2*4-14H,1-3H3;3-14H,1-2H3/q4*+1/i;1D3;;. The van der Waals surface area contributed by atoms with E-state index in [0.717, 1.165) is 27.9 Å². The Labute approximate surface area is 539 Å². The molecule has 0 aliphatic rings. The molecule has 4 heterocycles. The number of benzene rings is 9. The molecular formula is C86H84N4+4. The number of nitrogens with zero attached hydrogens (tertiary/aromatic N) is 4. The maximum Gasteiger partial charge on any atom is 0.213 e. The van der Waals surface area contributed by atoms with Crippen LogP contribution in [0.3, 0.4) is 0 Å². The lowest BCUT2D eigenvalue weighted by atomic mass is 9.92. The third kappa shape index (κ3) is 14.8. The van der Waals surface area contributed by atoms with Crippen LogP contribution < -0.4 is 18.3 Å². The number of hydrogen-bond acceptors (Lipinski definition) is 0. The zero-order chi connectivity index (χ0) is 65.8. The molecule has 0 saturated heterocycles. The highest BCUT2D eigenvalue weighted by Gasteiger charge is 2.20. The topological polar surface area (TPSA) is 15.5 Å². The number of rotatable bonds is 9. The summed E-state index contributed by atoms with van der Waals surface area (Å²) < 4.78 is 32.3. The lowest BCUT2D eigenvalue weighted by Crippen LogP contribution is -2.31. The molecule has 13 rings (SSSR count). The zero-order valence-corrected chi connectivity index (χ0v) is 54.0. The summed E-state index contributed by atoms with van der Waals surface area (Å²) in [6, 6.07) is 92.8. The summed E-state index contributed by atoms with van der Waals surface area (Å²) >= 11 is 0. The highest BCUT2D eigenvalue weighted by molar-refractivity contribution is 5.80. The summed E-state index contributed by atoms with van der Waals surface area (Å²) in [7, 11) is 8.31. The lowest BCUT2D eigenvalue weighted by Gasteiger charge is -2.13. The van der Waals surface area contributed by atoms with Gasteiger partial charge in [0.25, 0.3) is 0 Å². The molecule has 0 atom stereocenters. The molecule has 0 unspecified atom stereocenters. The third-order valence-corrected chi connectivity index (χ3v) is 16.9. The number of aryl methyl sites for hydroxylation is 12. The van der Waals surface area contributed by atoms with Gasteiger partial charge in [0.05, 0.1) is 0 Å². The van der Waals surface area contributed by atoms with Crippen LogP contribution in [0.4, 0.5) is 0 Å². The first kappa shape index (κ1) is 58.6. The Bertz CT molecular complexity index is 4600. The second kappa shape index (κ2) is 29.1. The van der Waals surface area contributed by atoms with Crippen LogP contribution in [-0.2, 0) is 28.2 Å². The van der Waals surface area contributed by atoms with Crippen molar-refractivity contribution in [1.29, 1.82) is 0 Å². The van der Waals surface area contributed by atoms with Crippen LogP contribution in [0.1, 0.15) is 48.6 Å². The molecule has 0 radical (unpaired) electrons. The van der Waals surface area contributed by atoms with Gasteiger partial charge in [-0.15, -0.1) is 0 Å². The minimum atomic E-state index is -2.15. The van der Waals surface area contributed by atoms with Gasteiger partial charge in [0.15, 0.2) is 24.8 Å². The molecule has 4 heteroatoms. The first-order valence-corrected chi connectivity index (χ1v) is 31.0. The highest BCUT2D eigenvalue weighted by Crippen LogP contribution is 2.36. The van der Waals surface area contributed by atoms with Crippen LogP contribution >= 0.6 is 0 Å². The van der Waals surface area contributed by atoms with E-state index in [1.54, 1.807) is 6.07 Å². The molecule has 0 aliphatic heterocycles. The molecule has 0 bridgehead atoms. The van der Waals surface area contributed by atoms with E-state index in [9.17, 15) is 0 Å². The maximum absolute atomic E-state index is 7.91. The molecule has 13 aromatic rings. The normalized spacial score (nSPS) is 11.3. The van der Waals surface area contributed by atoms with Gasteiger partial charge in [-0.2, -0.15) is 0 Å². The van der Waals surface area contributed by atoms with E-state index in [2.05, 4.69) is 301 Å². The van der Waals surface area contributed by atoms with Gasteiger partial charge < -0.3 is 0 Å². The second-order valence-electron chi connectivity index (χ2n) is 23.5. The van der Waals surface area contributed by atoms with E-state index in [1.165, 1.54) is 112 Å². The lowest BCUT2D eigenvalue weighted by molar-refractivity contribution is -0.660. The van der Waals surface area contributed by atoms with Crippen LogP contribution in [0.25, 0.3) is 101 Å². The minimum Gasteiger partial charge on any atom is -0.201 e. The number of aromatic nitrogens is 4. The minimum absolute atomic E-state index is 0.397. The third-order valence-electron chi connectivity index (χ3n) is 16.9. The fraction of sp³-hybridized carbons (Fsp3) is 0.140. The summed E-state index contributed by atoms with van der Waals surface area (Å²) in [5, 5.41) is 0. The van der Waals surface area contributed by atoms with Crippen molar-refractivity contribution >= 4 is 0 Å². The zero-order valence-electron chi connectivity index (χ0n) is 57.0. The van der Waals surface area contributed by atoms with E-state index in [-0.39, 0.29) is 0 Å². The van der Waals surface area contributed by atoms with Crippen molar-refractivity contribution in [2.45, 2.75) is 55.3 Å². The Morgan fingerprint density at radius 3 is 0.878 bits per heavy atom. The Morgan fingerprint density at radius 2 is 0.511 bits per heavy atom. The van der Waals surface area contributed by atoms with E-state index in [0.29, 0.717) is 5.56 Å². The average Bonchev–Trinajstić information content (AvgIpc) is 1.07. The predicted octanol–water partition coefficient (Wildman–Crippen LogP) is 19.5. The summed E-state index contributed by atoms with van der Waals surface area (Å²) in [5.74, 6) is 0. The molecule has 0 amide bonds. The molecule has 9 aromatic carbocycles. The summed E-state index contributed by atoms with van der Waals surface area (Å²) in [6.45, 7) is 12.9. The maximum atomic E-state index is 7.91. The molecule has 444 valence electrons. The van der Waals surface area contributed by atoms with Gasteiger partial charge >= 0.3 is 0 Å². The van der Waals surface area contributed by atoms with Crippen molar-refractivity contribution in [2.75, 3.05) is 0 Å². The van der Waals surface area contributed by atoms with Gasteiger partial charge in [0.2, 0.25) is 22.8 Å². The Balaban J connectivity index is 0.000000137. The van der Waals surface area contributed by atoms with E-state index in [4.69, 9.17) is 4.11 Å². The average molecular weight is 1180 g/mol. The molecule has 0 saturated carbocycles. The van der Waals surface area contributed by atoms with Crippen LogP contribution in [0.2, 0.25) is 0 Å². The second-order valence-corrected chi connectivity index (χ2v) is 23.5. The predicted molar refractivity (Wildman–Crippen MR) is 377 cm³/mol. The van der Waals surface area contributed by atoms with Gasteiger partial charge in [-0.05, 0) is 192 Å². The number of pyridine rings is 4. The first-order chi connectivity index (χ1) is 44.8. The summed E-state index contributed by atoms with van der Waals surface area (Å²) in [6.07, 6.45) is 8.41. The van der Waals surface area contributed by atoms with Crippen LogP contribution in [-0.4, -0.2) is 0 Å². The monoisotopic (exact) mass is 1180 g/mol. The molecule has 4 aromatic heterocycles. The fourth-order valence-corrected chi connectivity index (χ4v) is 12.1. The first-order valence-electron chi connectivity index (χ1n) is 32.5. The van der Waals surface area contributed by atoms with E-state index < -0.39 is 6.85 Å². The largest absolute Gasteiger partial charge is 0.213 e. The van der Waals surface area contributed by atoms with Gasteiger partial charge in [-0.25, -0.2) is 18.3 Å². The van der Waals surface area contributed by atoms with Crippen molar-refractivity contribution < 1.29 is 22.4 Å². The van der Waals surface area contributed by atoms with Crippen molar-refractivity contribution in [2.24, 2.45) is 28.2 Å². The summed E-state index contributed by atoms with van der Waals surface area (Å²) in [5.41, 5.74) is 30.8. The van der Waals surface area contributed by atoms with Crippen molar-refractivity contribution in [1.82, 2.24) is 0 Å². The van der Waals surface area contributed by atoms with Gasteiger partial charge in [-0.3, -0.25) is 0 Å². The quantitative estimate of drug-likeness (QED) is 0.128. The van der Waals surface area contributed by atoms with Gasteiger partial charge in [0.1, 0.15) is 28.2 Å². The van der Waals surface area contributed by atoms with E-state index >= 15 is 0 Å². The smallest absolute Gasteiger partial charge is 0.201 e. The molecule has 0 aliphatic carbocycles. The molecule has 0 N–H and O–H groups in total. The molecule has 4 nitrogen and oxygen atoms in total. The fourth-order valence-electron chi connectivity index (χ4n) is 12.1.